The highest BCUT2D eigenvalue weighted by molar-refractivity contribution is 5.97. The average molecular weight is 558 g/mol. The van der Waals surface area contributed by atoms with Gasteiger partial charge in [-0.15, -0.1) is 0 Å². The second kappa shape index (κ2) is 13.2. The molecule has 2 heterocycles. The minimum absolute atomic E-state index is 0.124. The fourth-order valence-corrected chi connectivity index (χ4v) is 5.15. The van der Waals surface area contributed by atoms with Crippen molar-refractivity contribution >= 4 is 29.1 Å². The number of nitrogens with zero attached hydrogens (tertiary/aromatic N) is 3. The number of hydrogen-bond donors (Lipinski definition) is 2. The molecule has 2 fully saturated rings. The van der Waals surface area contributed by atoms with Crippen LogP contribution in [0.25, 0.3) is 0 Å². The van der Waals surface area contributed by atoms with Gasteiger partial charge in [0, 0.05) is 45.0 Å². The minimum Gasteiger partial charge on any atom is -0.495 e. The van der Waals surface area contributed by atoms with Crippen LogP contribution in [0, 0.1) is 0 Å². The van der Waals surface area contributed by atoms with Crippen LogP contribution in [0.1, 0.15) is 6.42 Å². The fraction of sp³-hybridized carbons (Fsp3) is 0.323. The van der Waals surface area contributed by atoms with Gasteiger partial charge in [0.15, 0.2) is 0 Å². The van der Waals surface area contributed by atoms with Gasteiger partial charge < -0.3 is 29.9 Å². The fourth-order valence-electron chi connectivity index (χ4n) is 5.15. The molecule has 1 unspecified atom stereocenters. The molecule has 0 aliphatic carbocycles. The van der Waals surface area contributed by atoms with Crippen molar-refractivity contribution in [2.24, 2.45) is 0 Å². The topological polar surface area (TPSA) is 103 Å². The highest BCUT2D eigenvalue weighted by atomic mass is 16.5. The zero-order valence-corrected chi connectivity index (χ0v) is 23.1. The van der Waals surface area contributed by atoms with Gasteiger partial charge in [-0.25, -0.2) is 0 Å². The summed E-state index contributed by atoms with van der Waals surface area (Å²) in [6.07, 6.45) is -0.124. The number of hydrogen-bond acceptors (Lipinski definition) is 7. The Morgan fingerprint density at radius 2 is 1.56 bits per heavy atom. The number of piperazine rings is 2. The van der Waals surface area contributed by atoms with Crippen molar-refractivity contribution in [1.29, 1.82) is 0 Å². The third kappa shape index (κ3) is 7.15. The first kappa shape index (κ1) is 28.0. The van der Waals surface area contributed by atoms with Gasteiger partial charge in [0.05, 0.1) is 25.8 Å². The molecule has 5 rings (SSSR count). The van der Waals surface area contributed by atoms with E-state index >= 15 is 0 Å². The number of carbonyl (C=O) groups excluding carboxylic acids is 3. The van der Waals surface area contributed by atoms with Crippen molar-refractivity contribution in [2.45, 2.75) is 12.5 Å². The van der Waals surface area contributed by atoms with Crippen LogP contribution in [-0.4, -0.2) is 86.5 Å². The maximum Gasteiger partial charge on any atom is 0.243 e. The van der Waals surface area contributed by atoms with Gasteiger partial charge in [0.25, 0.3) is 0 Å². The highest BCUT2D eigenvalue weighted by Crippen LogP contribution is 2.28. The molecule has 3 aromatic rings. The van der Waals surface area contributed by atoms with E-state index in [1.165, 1.54) is 0 Å². The quantitative estimate of drug-likeness (QED) is 0.417. The van der Waals surface area contributed by atoms with E-state index in [2.05, 4.69) is 20.4 Å². The lowest BCUT2D eigenvalue weighted by atomic mass is 10.1. The molecule has 3 amide bonds. The third-order valence-electron chi connectivity index (χ3n) is 7.30. The van der Waals surface area contributed by atoms with Crippen LogP contribution < -0.4 is 25.0 Å². The molecular formula is C31H35N5O5. The molecule has 41 heavy (non-hydrogen) atoms. The van der Waals surface area contributed by atoms with Crippen LogP contribution >= 0.6 is 0 Å². The summed E-state index contributed by atoms with van der Waals surface area (Å²) in [6, 6.07) is 23.5. The van der Waals surface area contributed by atoms with E-state index in [9.17, 15) is 14.4 Å². The van der Waals surface area contributed by atoms with E-state index in [1.807, 2.05) is 54.6 Å². The Balaban J connectivity index is 1.13. The molecular weight excluding hydrogens is 522 g/mol. The Bertz CT molecular complexity index is 1340. The molecule has 0 spiro atoms. The van der Waals surface area contributed by atoms with E-state index in [0.29, 0.717) is 37.6 Å². The summed E-state index contributed by atoms with van der Waals surface area (Å²) >= 11 is 0. The molecule has 10 heteroatoms. The summed E-state index contributed by atoms with van der Waals surface area (Å²) < 4.78 is 11.3. The molecule has 1 atom stereocenters. The van der Waals surface area contributed by atoms with Crippen molar-refractivity contribution in [3.8, 4) is 17.2 Å². The average Bonchev–Trinajstić information content (AvgIpc) is 3.00. The van der Waals surface area contributed by atoms with Gasteiger partial charge in [-0.3, -0.25) is 19.3 Å². The summed E-state index contributed by atoms with van der Waals surface area (Å²) in [5.74, 6) is 1.39. The number of methoxy groups -OCH3 is 1. The molecule has 0 aromatic heterocycles. The normalized spacial score (nSPS) is 17.5. The van der Waals surface area contributed by atoms with E-state index in [0.717, 1.165) is 30.3 Å². The van der Waals surface area contributed by atoms with Gasteiger partial charge in [-0.05, 0) is 48.5 Å². The lowest BCUT2D eigenvalue weighted by Gasteiger charge is -2.39. The van der Waals surface area contributed by atoms with Crippen molar-refractivity contribution < 1.29 is 23.9 Å². The Morgan fingerprint density at radius 3 is 2.29 bits per heavy atom. The molecule has 0 saturated carbocycles. The molecule has 2 saturated heterocycles. The summed E-state index contributed by atoms with van der Waals surface area (Å²) in [5, 5.41) is 5.63. The van der Waals surface area contributed by atoms with Crippen molar-refractivity contribution in [3.63, 3.8) is 0 Å². The lowest BCUT2D eigenvalue weighted by molar-refractivity contribution is -0.145. The first-order valence-electron chi connectivity index (χ1n) is 13.8. The standard InChI is InChI=1S/C31H35N5O5/c1-40-28-10-6-5-9-26(28)35-19-17-34(18-20-35)22-30(38)36-16-15-32-31(39)27(36)21-29(37)33-23-11-13-25(14-12-23)41-24-7-3-2-4-8-24/h2-14,27H,15-22H2,1H3,(H,32,39)(H,33,37). The number of anilines is 2. The van der Waals surface area contributed by atoms with E-state index in [-0.39, 0.29) is 30.7 Å². The van der Waals surface area contributed by atoms with Crippen LogP contribution in [0.2, 0.25) is 0 Å². The highest BCUT2D eigenvalue weighted by Gasteiger charge is 2.35. The number of ether oxygens (including phenoxy) is 2. The van der Waals surface area contributed by atoms with Gasteiger partial charge in [0.1, 0.15) is 23.3 Å². The summed E-state index contributed by atoms with van der Waals surface area (Å²) in [4.78, 5) is 44.8. The SMILES string of the molecule is COc1ccccc1N1CCN(CC(=O)N2CCNC(=O)C2CC(=O)Nc2ccc(Oc3ccccc3)cc2)CC1. The Kier molecular flexibility index (Phi) is 9.00. The molecule has 2 N–H and O–H groups in total. The maximum absolute atomic E-state index is 13.3. The summed E-state index contributed by atoms with van der Waals surface area (Å²) in [5.41, 5.74) is 1.62. The monoisotopic (exact) mass is 557 g/mol. The zero-order chi connectivity index (χ0) is 28.6. The molecule has 214 valence electrons. The predicted octanol–water partition coefficient (Wildman–Crippen LogP) is 2.97. The Morgan fingerprint density at radius 1 is 0.878 bits per heavy atom. The summed E-state index contributed by atoms with van der Waals surface area (Å²) in [7, 11) is 1.66. The molecule has 0 radical (unpaired) electrons. The molecule has 10 nitrogen and oxygen atoms in total. The number of para-hydroxylation sites is 3. The number of amides is 3. The van der Waals surface area contributed by atoms with Gasteiger partial charge >= 0.3 is 0 Å². The smallest absolute Gasteiger partial charge is 0.243 e. The first-order valence-corrected chi connectivity index (χ1v) is 13.8. The second-order valence-corrected chi connectivity index (χ2v) is 10.0. The van der Waals surface area contributed by atoms with E-state index in [4.69, 9.17) is 9.47 Å². The van der Waals surface area contributed by atoms with Crippen LogP contribution in [0.15, 0.2) is 78.9 Å². The van der Waals surface area contributed by atoms with Crippen LogP contribution in [-0.2, 0) is 14.4 Å². The maximum atomic E-state index is 13.3. The van der Waals surface area contributed by atoms with Crippen LogP contribution in [0.3, 0.4) is 0 Å². The second-order valence-electron chi connectivity index (χ2n) is 10.0. The molecule has 0 bridgehead atoms. The van der Waals surface area contributed by atoms with Crippen LogP contribution in [0.4, 0.5) is 11.4 Å². The predicted molar refractivity (Wildman–Crippen MR) is 156 cm³/mol. The zero-order valence-electron chi connectivity index (χ0n) is 23.1. The van der Waals surface area contributed by atoms with Gasteiger partial charge in [-0.1, -0.05) is 30.3 Å². The number of nitrogens with one attached hydrogen (secondary N) is 2. The van der Waals surface area contributed by atoms with Crippen molar-refractivity contribution in [2.75, 3.05) is 63.1 Å². The minimum atomic E-state index is -0.855. The Hall–Kier alpha value is -4.57. The van der Waals surface area contributed by atoms with Crippen molar-refractivity contribution in [3.05, 3.63) is 78.9 Å². The first-order chi connectivity index (χ1) is 20.0. The number of carbonyl (C=O) groups is 3. The number of rotatable bonds is 9. The summed E-state index contributed by atoms with van der Waals surface area (Å²) in [6.45, 7) is 3.87. The third-order valence-corrected chi connectivity index (χ3v) is 7.30. The van der Waals surface area contributed by atoms with Gasteiger partial charge in [-0.2, -0.15) is 0 Å². The molecule has 2 aliphatic rings. The van der Waals surface area contributed by atoms with Gasteiger partial charge in [0.2, 0.25) is 17.7 Å². The molecule has 3 aromatic carbocycles. The van der Waals surface area contributed by atoms with E-state index in [1.54, 1.807) is 36.3 Å². The van der Waals surface area contributed by atoms with Crippen LogP contribution in [0.5, 0.6) is 17.2 Å². The molecule has 2 aliphatic heterocycles. The Labute approximate surface area is 239 Å². The largest absolute Gasteiger partial charge is 0.495 e. The van der Waals surface area contributed by atoms with Crippen molar-refractivity contribution in [1.82, 2.24) is 15.1 Å². The number of benzene rings is 3. The lowest BCUT2D eigenvalue weighted by Crippen LogP contribution is -2.60. The van der Waals surface area contributed by atoms with E-state index < -0.39 is 6.04 Å².